The van der Waals surface area contributed by atoms with Gasteiger partial charge in [-0.15, -0.1) is 0 Å². The molecule has 0 unspecified atom stereocenters. The molecule has 1 aliphatic carbocycles. The second-order valence-corrected chi connectivity index (χ2v) is 2.54. The number of morpholine rings is 1. The lowest BCUT2D eigenvalue weighted by molar-refractivity contribution is 0.194. The van der Waals surface area contributed by atoms with Crippen LogP contribution in [0.3, 0.4) is 0 Å². The van der Waals surface area contributed by atoms with Crippen molar-refractivity contribution in [1.29, 1.82) is 0 Å². The third kappa shape index (κ3) is 0.897. The second-order valence-electron chi connectivity index (χ2n) is 2.54. The Bertz CT molecular complexity index is 171. The molecule has 2 heteroatoms. The van der Waals surface area contributed by atoms with Gasteiger partial charge in [-0.05, 0) is 18.9 Å². The van der Waals surface area contributed by atoms with Crippen molar-refractivity contribution < 1.29 is 4.74 Å². The number of ether oxygens (including phenoxy) is 1. The summed E-state index contributed by atoms with van der Waals surface area (Å²) >= 11 is 0. The lowest BCUT2D eigenvalue weighted by atomic mass is 10.1. The Kier molecular flexibility index (Phi) is 1.38. The second kappa shape index (κ2) is 2.37. The molecule has 10 heavy (non-hydrogen) atoms. The van der Waals surface area contributed by atoms with Crippen LogP contribution in [0, 0.1) is 0 Å². The smallest absolute Gasteiger partial charge is 0.138 e. The minimum atomic E-state index is 0.809. The Labute approximate surface area is 60.6 Å². The maximum absolute atomic E-state index is 5.41. The summed E-state index contributed by atoms with van der Waals surface area (Å²) < 4.78 is 5.41. The highest BCUT2D eigenvalue weighted by Crippen LogP contribution is 2.19. The monoisotopic (exact) mass is 137 g/mol. The summed E-state index contributed by atoms with van der Waals surface area (Å²) in [5, 5.41) is 3.29. The highest BCUT2D eigenvalue weighted by Gasteiger charge is 2.13. The largest absolute Gasteiger partial charge is 0.490 e. The van der Waals surface area contributed by atoms with Crippen LogP contribution in [0.1, 0.15) is 12.8 Å². The van der Waals surface area contributed by atoms with Gasteiger partial charge in [0.1, 0.15) is 12.4 Å². The van der Waals surface area contributed by atoms with Crippen LogP contribution in [0.15, 0.2) is 23.6 Å². The molecule has 2 rings (SSSR count). The highest BCUT2D eigenvalue weighted by molar-refractivity contribution is 5.28. The van der Waals surface area contributed by atoms with Gasteiger partial charge < -0.3 is 10.1 Å². The van der Waals surface area contributed by atoms with Crippen molar-refractivity contribution >= 4 is 0 Å². The Morgan fingerprint density at radius 3 is 3.10 bits per heavy atom. The van der Waals surface area contributed by atoms with Crippen LogP contribution < -0.4 is 5.32 Å². The molecule has 0 aromatic heterocycles. The van der Waals surface area contributed by atoms with E-state index >= 15 is 0 Å². The first-order chi connectivity index (χ1) is 4.97. The van der Waals surface area contributed by atoms with E-state index in [1.807, 2.05) is 0 Å². The van der Waals surface area contributed by atoms with Gasteiger partial charge in [-0.25, -0.2) is 0 Å². The van der Waals surface area contributed by atoms with Crippen molar-refractivity contribution in [3.05, 3.63) is 23.6 Å². The molecule has 1 aliphatic heterocycles. The molecule has 54 valence electrons. The Hall–Kier alpha value is -0.920. The standard InChI is InChI=1S/C8H11NO/c1-2-4-8-7(3-1)9-5-6-10-8/h3-4,9H,1-2,5-6H2. The normalized spacial score (nSPS) is 23.2. The zero-order chi connectivity index (χ0) is 6.81. The van der Waals surface area contributed by atoms with Crippen LogP contribution in [-0.4, -0.2) is 13.2 Å². The molecule has 2 nitrogen and oxygen atoms in total. The van der Waals surface area contributed by atoms with Gasteiger partial charge in [-0.3, -0.25) is 0 Å². The zero-order valence-corrected chi connectivity index (χ0v) is 5.89. The van der Waals surface area contributed by atoms with Gasteiger partial charge in [0.2, 0.25) is 0 Å². The summed E-state index contributed by atoms with van der Waals surface area (Å²) in [5.41, 5.74) is 1.19. The summed E-state index contributed by atoms with van der Waals surface area (Å²) in [6, 6.07) is 0. The van der Waals surface area contributed by atoms with Crippen molar-refractivity contribution in [2.24, 2.45) is 0 Å². The third-order valence-corrected chi connectivity index (χ3v) is 1.79. The molecule has 0 atom stereocenters. The molecular weight excluding hydrogens is 126 g/mol. The predicted octanol–water partition coefficient (Wildman–Crippen LogP) is 1.17. The van der Waals surface area contributed by atoms with Crippen LogP contribution in [0.25, 0.3) is 0 Å². The number of allylic oxidation sites excluding steroid dienone is 2. The summed E-state index contributed by atoms with van der Waals surface area (Å²) in [6.07, 6.45) is 6.63. The van der Waals surface area contributed by atoms with E-state index < -0.39 is 0 Å². The van der Waals surface area contributed by atoms with Gasteiger partial charge in [-0.1, -0.05) is 6.08 Å². The van der Waals surface area contributed by atoms with Gasteiger partial charge in [0.05, 0.1) is 5.70 Å². The van der Waals surface area contributed by atoms with Crippen molar-refractivity contribution in [2.75, 3.05) is 13.2 Å². The van der Waals surface area contributed by atoms with E-state index in [1.165, 1.54) is 5.70 Å². The Morgan fingerprint density at radius 2 is 2.20 bits per heavy atom. The summed E-state index contributed by atoms with van der Waals surface area (Å²) in [6.45, 7) is 1.76. The maximum atomic E-state index is 5.41. The van der Waals surface area contributed by atoms with E-state index in [-0.39, 0.29) is 0 Å². The molecule has 0 radical (unpaired) electrons. The topological polar surface area (TPSA) is 21.3 Å². The molecule has 0 aromatic carbocycles. The number of fused-ring (bicyclic) bond motifs is 1. The predicted molar refractivity (Wildman–Crippen MR) is 39.4 cm³/mol. The molecule has 2 aliphatic rings. The van der Waals surface area contributed by atoms with Crippen LogP contribution in [0.2, 0.25) is 0 Å². The molecule has 0 aromatic rings. The fourth-order valence-electron chi connectivity index (χ4n) is 1.30. The number of rotatable bonds is 0. The minimum absolute atomic E-state index is 0.809. The summed E-state index contributed by atoms with van der Waals surface area (Å²) in [5.74, 6) is 1.05. The fraction of sp³-hybridized carbons (Fsp3) is 0.500. The SMILES string of the molecule is C1=C2NCCOC2=CCC1. The van der Waals surface area contributed by atoms with Crippen molar-refractivity contribution in [3.63, 3.8) is 0 Å². The summed E-state index contributed by atoms with van der Waals surface area (Å²) in [7, 11) is 0. The molecule has 1 saturated heterocycles. The minimum Gasteiger partial charge on any atom is -0.490 e. The Balaban J connectivity index is 2.19. The zero-order valence-electron chi connectivity index (χ0n) is 5.89. The molecule has 0 saturated carbocycles. The fourth-order valence-corrected chi connectivity index (χ4v) is 1.30. The molecular formula is C8H11NO. The molecule has 1 heterocycles. The lowest BCUT2D eigenvalue weighted by Crippen LogP contribution is -2.28. The number of nitrogens with one attached hydrogen (secondary N) is 1. The van der Waals surface area contributed by atoms with E-state index in [4.69, 9.17) is 4.74 Å². The van der Waals surface area contributed by atoms with E-state index in [1.54, 1.807) is 0 Å². The summed E-state index contributed by atoms with van der Waals surface area (Å²) in [4.78, 5) is 0. The van der Waals surface area contributed by atoms with Gasteiger partial charge in [0, 0.05) is 6.54 Å². The Morgan fingerprint density at radius 1 is 1.30 bits per heavy atom. The van der Waals surface area contributed by atoms with Crippen molar-refractivity contribution in [3.8, 4) is 0 Å². The molecule has 0 bridgehead atoms. The van der Waals surface area contributed by atoms with Crippen LogP contribution >= 0.6 is 0 Å². The average molecular weight is 137 g/mol. The quantitative estimate of drug-likeness (QED) is 0.541. The van der Waals surface area contributed by atoms with E-state index in [0.29, 0.717) is 0 Å². The molecule has 1 fully saturated rings. The first-order valence-electron chi connectivity index (χ1n) is 3.74. The van der Waals surface area contributed by atoms with E-state index in [2.05, 4.69) is 17.5 Å². The van der Waals surface area contributed by atoms with Gasteiger partial charge in [0.15, 0.2) is 0 Å². The van der Waals surface area contributed by atoms with Gasteiger partial charge in [-0.2, -0.15) is 0 Å². The van der Waals surface area contributed by atoms with E-state index in [0.717, 1.165) is 31.8 Å². The third-order valence-electron chi connectivity index (χ3n) is 1.79. The number of hydrogen-bond acceptors (Lipinski definition) is 2. The van der Waals surface area contributed by atoms with Crippen LogP contribution in [0.5, 0.6) is 0 Å². The first-order valence-corrected chi connectivity index (χ1v) is 3.74. The van der Waals surface area contributed by atoms with Crippen LogP contribution in [-0.2, 0) is 4.74 Å². The molecule has 1 N–H and O–H groups in total. The van der Waals surface area contributed by atoms with E-state index in [9.17, 15) is 0 Å². The molecule has 0 spiro atoms. The van der Waals surface area contributed by atoms with Crippen molar-refractivity contribution in [2.45, 2.75) is 12.8 Å². The van der Waals surface area contributed by atoms with Gasteiger partial charge >= 0.3 is 0 Å². The first kappa shape index (κ1) is 5.83. The lowest BCUT2D eigenvalue weighted by Gasteiger charge is -2.23. The van der Waals surface area contributed by atoms with Gasteiger partial charge in [0.25, 0.3) is 0 Å². The number of hydrogen-bond donors (Lipinski definition) is 1. The molecule has 0 amide bonds. The highest BCUT2D eigenvalue weighted by atomic mass is 16.5. The van der Waals surface area contributed by atoms with Crippen molar-refractivity contribution in [1.82, 2.24) is 5.32 Å². The average Bonchev–Trinajstić information content (AvgIpc) is 2.05. The maximum Gasteiger partial charge on any atom is 0.138 e. The van der Waals surface area contributed by atoms with Crippen LogP contribution in [0.4, 0.5) is 0 Å².